The number of rotatable bonds is 3. The summed E-state index contributed by atoms with van der Waals surface area (Å²) >= 11 is 0. The molecule has 0 aromatic heterocycles. The van der Waals surface area contributed by atoms with Gasteiger partial charge in [-0.1, -0.05) is 18.1 Å². The molecule has 0 atom stereocenters. The second-order valence-electron chi connectivity index (χ2n) is 3.11. The van der Waals surface area contributed by atoms with E-state index in [9.17, 15) is 23.3 Å². The molecular weight excluding hydrogens is 312 g/mol. The largest absolute Gasteiger partial charge is 0.370 e. The van der Waals surface area contributed by atoms with Crippen molar-refractivity contribution in [3.8, 4) is 0 Å². The molecule has 0 unspecified atom stereocenters. The van der Waals surface area contributed by atoms with Crippen LogP contribution in [0.25, 0.3) is 0 Å². The Labute approximate surface area is 121 Å². The molecular formula is C10H8F3NO2Y-2. The van der Waals surface area contributed by atoms with Crippen LogP contribution in [0.2, 0.25) is 0 Å². The molecule has 7 heteroatoms. The Kier molecular flexibility index (Phi) is 6.26. The molecule has 0 saturated heterocycles. The van der Waals surface area contributed by atoms with Gasteiger partial charge in [0.1, 0.15) is 0 Å². The van der Waals surface area contributed by atoms with E-state index in [2.05, 4.69) is 13.0 Å². The molecule has 91 valence electrons. The molecule has 1 radical (unpaired) electrons. The maximum Gasteiger partial charge on any atom is 0.370 e. The SMILES string of the molecule is [CH2-]CCc1[c-]cc(C(F)(F)F)cc1[N+](=O)[O-].[Y]. The van der Waals surface area contributed by atoms with E-state index in [0.717, 1.165) is 6.07 Å². The first-order valence-electron chi connectivity index (χ1n) is 4.41. The van der Waals surface area contributed by atoms with Crippen molar-refractivity contribution >= 4 is 5.69 Å². The number of nitro groups is 1. The third-order valence-corrected chi connectivity index (χ3v) is 1.95. The van der Waals surface area contributed by atoms with E-state index in [1.54, 1.807) is 0 Å². The normalized spacial score (nSPS) is 10.8. The van der Waals surface area contributed by atoms with Gasteiger partial charge in [0, 0.05) is 37.6 Å². The van der Waals surface area contributed by atoms with Gasteiger partial charge in [0.2, 0.25) is 0 Å². The van der Waals surface area contributed by atoms with E-state index in [1.807, 2.05) is 0 Å². The van der Waals surface area contributed by atoms with Crippen LogP contribution in [0.4, 0.5) is 18.9 Å². The van der Waals surface area contributed by atoms with Crippen molar-refractivity contribution in [3.05, 3.63) is 46.4 Å². The summed E-state index contributed by atoms with van der Waals surface area (Å²) in [6.07, 6.45) is -4.00. The van der Waals surface area contributed by atoms with Gasteiger partial charge in [-0.2, -0.15) is 31.7 Å². The molecule has 0 aliphatic rings. The number of benzene rings is 1. The molecule has 1 rings (SSSR count). The Morgan fingerprint density at radius 2 is 2.06 bits per heavy atom. The molecule has 0 amide bonds. The van der Waals surface area contributed by atoms with E-state index in [1.165, 1.54) is 0 Å². The third-order valence-electron chi connectivity index (χ3n) is 1.95. The fourth-order valence-corrected chi connectivity index (χ4v) is 1.22. The number of hydrogen-bond acceptors (Lipinski definition) is 2. The van der Waals surface area contributed by atoms with Crippen LogP contribution in [0, 0.1) is 23.1 Å². The van der Waals surface area contributed by atoms with E-state index < -0.39 is 22.4 Å². The Morgan fingerprint density at radius 3 is 2.47 bits per heavy atom. The molecule has 0 bridgehead atoms. The predicted octanol–water partition coefficient (Wildman–Crippen LogP) is 3.18. The fourth-order valence-electron chi connectivity index (χ4n) is 1.22. The van der Waals surface area contributed by atoms with Gasteiger partial charge >= 0.3 is 6.18 Å². The van der Waals surface area contributed by atoms with Gasteiger partial charge in [-0.05, 0) is 5.56 Å². The number of aryl methyl sites for hydroxylation is 1. The van der Waals surface area contributed by atoms with Crippen LogP contribution in [0.3, 0.4) is 0 Å². The summed E-state index contributed by atoms with van der Waals surface area (Å²) in [6, 6.07) is 3.54. The summed E-state index contributed by atoms with van der Waals surface area (Å²) in [6.45, 7) is 3.49. The molecule has 0 spiro atoms. The number of halogens is 3. The van der Waals surface area contributed by atoms with Crippen molar-refractivity contribution < 1.29 is 50.8 Å². The van der Waals surface area contributed by atoms with Crippen LogP contribution in [-0.2, 0) is 45.3 Å². The van der Waals surface area contributed by atoms with Gasteiger partial charge in [-0.3, -0.25) is 10.1 Å². The zero-order valence-corrected chi connectivity index (χ0v) is 11.6. The first kappa shape index (κ1) is 16.5. The van der Waals surface area contributed by atoms with Crippen molar-refractivity contribution in [3.63, 3.8) is 0 Å². The number of hydrogen-bond donors (Lipinski definition) is 0. The van der Waals surface area contributed by atoms with Crippen LogP contribution < -0.4 is 0 Å². The zero-order valence-electron chi connectivity index (χ0n) is 8.75. The quantitative estimate of drug-likeness (QED) is 0.488. The van der Waals surface area contributed by atoms with Gasteiger partial charge in [0.25, 0.3) is 0 Å². The monoisotopic (exact) mass is 320 g/mol. The van der Waals surface area contributed by atoms with Gasteiger partial charge in [0.15, 0.2) is 5.69 Å². The van der Waals surface area contributed by atoms with Crippen LogP contribution in [0.1, 0.15) is 17.5 Å². The van der Waals surface area contributed by atoms with Gasteiger partial charge in [-0.25, -0.2) is 0 Å². The van der Waals surface area contributed by atoms with Gasteiger partial charge in [0.05, 0.1) is 0 Å². The number of nitrogens with zero attached hydrogens (tertiary/aromatic N) is 1. The molecule has 3 nitrogen and oxygen atoms in total. The third kappa shape index (κ3) is 4.35. The zero-order chi connectivity index (χ0) is 12.3. The maximum absolute atomic E-state index is 12.3. The number of nitro benzene ring substituents is 1. The first-order valence-corrected chi connectivity index (χ1v) is 4.41. The molecule has 0 fully saturated rings. The topological polar surface area (TPSA) is 43.1 Å². The van der Waals surface area contributed by atoms with Crippen LogP contribution in [-0.4, -0.2) is 4.92 Å². The van der Waals surface area contributed by atoms with Crippen molar-refractivity contribution in [2.24, 2.45) is 0 Å². The second kappa shape index (κ2) is 6.45. The maximum atomic E-state index is 12.3. The summed E-state index contributed by atoms with van der Waals surface area (Å²) < 4.78 is 36.9. The molecule has 0 aliphatic heterocycles. The summed E-state index contributed by atoms with van der Waals surface area (Å²) in [5.74, 6) is 0. The average molecular weight is 320 g/mol. The van der Waals surface area contributed by atoms with Crippen LogP contribution >= 0.6 is 0 Å². The Bertz CT molecular complexity index is 407. The second-order valence-corrected chi connectivity index (χ2v) is 3.11. The molecule has 0 saturated carbocycles. The number of alkyl halides is 3. The Hall–Kier alpha value is -0.486. The first-order chi connectivity index (χ1) is 7.36. The minimum absolute atomic E-state index is 0. The predicted molar refractivity (Wildman–Crippen MR) is 50.6 cm³/mol. The van der Waals surface area contributed by atoms with Crippen molar-refractivity contribution in [2.75, 3.05) is 0 Å². The van der Waals surface area contributed by atoms with E-state index in [0.29, 0.717) is 12.5 Å². The van der Waals surface area contributed by atoms with Crippen molar-refractivity contribution in [1.82, 2.24) is 0 Å². The molecule has 0 heterocycles. The summed E-state index contributed by atoms with van der Waals surface area (Å²) in [7, 11) is 0. The molecule has 0 aliphatic carbocycles. The van der Waals surface area contributed by atoms with Gasteiger partial charge in [-0.15, -0.1) is 0 Å². The van der Waals surface area contributed by atoms with Crippen LogP contribution in [0.15, 0.2) is 12.1 Å². The van der Waals surface area contributed by atoms with Crippen molar-refractivity contribution in [2.45, 2.75) is 19.0 Å². The molecule has 0 N–H and O–H groups in total. The minimum Gasteiger partial charge on any atom is -0.343 e. The summed E-state index contributed by atoms with van der Waals surface area (Å²) in [4.78, 5) is 9.74. The minimum atomic E-state index is -4.59. The molecule has 17 heavy (non-hydrogen) atoms. The summed E-state index contributed by atoms with van der Waals surface area (Å²) in [5, 5.41) is 10.6. The standard InChI is InChI=1S/C10H8F3NO2.Y/c1-2-3-7-4-5-8(10(11,12)13)6-9(7)14(15)16;/h5-6H,1-3H2;/q-2;. The van der Waals surface area contributed by atoms with E-state index >= 15 is 0 Å². The average Bonchev–Trinajstić information content (AvgIpc) is 2.16. The Morgan fingerprint density at radius 1 is 1.47 bits per heavy atom. The summed E-state index contributed by atoms with van der Waals surface area (Å²) in [5.41, 5.74) is -1.47. The smallest absolute Gasteiger partial charge is 0.343 e. The van der Waals surface area contributed by atoms with Gasteiger partial charge < -0.3 is 6.92 Å². The Balaban J connectivity index is 0.00000256. The van der Waals surface area contributed by atoms with E-state index in [4.69, 9.17) is 0 Å². The molecule has 1 aromatic rings. The van der Waals surface area contributed by atoms with E-state index in [-0.39, 0.29) is 44.7 Å². The van der Waals surface area contributed by atoms with Crippen LogP contribution in [0.5, 0.6) is 0 Å². The van der Waals surface area contributed by atoms with Crippen molar-refractivity contribution in [1.29, 1.82) is 0 Å². The fraction of sp³-hybridized carbons (Fsp3) is 0.300. The molecule has 1 aromatic carbocycles.